The molecule has 0 radical (unpaired) electrons. The minimum atomic E-state index is -0.522. The van der Waals surface area contributed by atoms with Crippen molar-refractivity contribution in [3.63, 3.8) is 0 Å². The van der Waals surface area contributed by atoms with Crippen LogP contribution in [-0.4, -0.2) is 25.2 Å². The van der Waals surface area contributed by atoms with Gasteiger partial charge in [0.25, 0.3) is 0 Å². The minimum Gasteiger partial charge on any atom is -0.481 e. The van der Waals surface area contributed by atoms with Gasteiger partial charge in [-0.25, -0.2) is 9.59 Å². The van der Waals surface area contributed by atoms with Gasteiger partial charge in [0, 0.05) is 32.3 Å². The van der Waals surface area contributed by atoms with Gasteiger partial charge in [-0.15, -0.1) is 0 Å². The lowest BCUT2D eigenvalue weighted by Crippen LogP contribution is -2.19. The quantitative estimate of drug-likeness (QED) is 0.0942. The Balaban J connectivity index is 1.21. The van der Waals surface area contributed by atoms with Crippen LogP contribution in [0.3, 0.4) is 0 Å². The van der Waals surface area contributed by atoms with E-state index in [1.54, 1.807) is 12.1 Å². The zero-order valence-corrected chi connectivity index (χ0v) is 27.0. The van der Waals surface area contributed by atoms with E-state index in [9.17, 15) is 9.59 Å². The van der Waals surface area contributed by atoms with Crippen LogP contribution in [0.15, 0.2) is 127 Å². The highest BCUT2D eigenvalue weighted by Gasteiger charge is 2.22. The Morgan fingerprint density at radius 1 is 0.479 bits per heavy atom. The van der Waals surface area contributed by atoms with Crippen LogP contribution >= 0.6 is 0 Å². The van der Waals surface area contributed by atoms with Crippen molar-refractivity contribution in [3.05, 3.63) is 133 Å². The fraction of sp³-hybridized carbons (Fsp3) is 0.143. The second-order valence-corrected chi connectivity index (χ2v) is 12.7. The topological polar surface area (TPSA) is 71.1 Å². The first-order valence-electron chi connectivity index (χ1n) is 15.9. The molecule has 6 nitrogen and oxygen atoms in total. The highest BCUT2D eigenvalue weighted by molar-refractivity contribution is 6.11. The molecule has 0 saturated carbocycles. The van der Waals surface area contributed by atoms with Crippen molar-refractivity contribution in [2.75, 3.05) is 13.2 Å². The maximum Gasteiger partial charge on any atom is 0.349 e. The van der Waals surface area contributed by atoms with E-state index in [0.717, 1.165) is 48.7 Å². The average molecular weight is 635 g/mol. The summed E-state index contributed by atoms with van der Waals surface area (Å²) in [7, 11) is 0. The number of esters is 2. The maximum atomic E-state index is 13.2. The fourth-order valence-electron chi connectivity index (χ4n) is 6.01. The molecule has 238 valence electrons. The molecule has 0 bridgehead atoms. The molecular weight excluding hydrogens is 600 g/mol. The number of carbonyl (C=O) groups excluding carboxylic acids is 2. The summed E-state index contributed by atoms with van der Waals surface area (Å²) in [5.74, 6) is 0.975. The predicted octanol–water partition coefficient (Wildman–Crippen LogP) is 9.57. The lowest BCUT2D eigenvalue weighted by molar-refractivity contribution is -0.137. The van der Waals surface area contributed by atoms with E-state index in [0.29, 0.717) is 23.0 Å². The Morgan fingerprint density at radius 3 is 1.40 bits per heavy atom. The maximum absolute atomic E-state index is 13.2. The normalized spacial score (nSPS) is 11.6. The molecule has 0 heterocycles. The smallest absolute Gasteiger partial charge is 0.349 e. The van der Waals surface area contributed by atoms with Crippen molar-refractivity contribution in [2.24, 2.45) is 0 Å². The van der Waals surface area contributed by atoms with Gasteiger partial charge in [0.1, 0.15) is 23.0 Å². The van der Waals surface area contributed by atoms with Crippen LogP contribution in [0, 0.1) is 0 Å². The van der Waals surface area contributed by atoms with E-state index in [2.05, 4.69) is 32.9 Å². The molecule has 0 unspecified atom stereocenters. The van der Waals surface area contributed by atoms with E-state index in [1.807, 2.05) is 103 Å². The molecule has 0 aliphatic carbocycles. The molecule has 0 fully saturated rings. The molecule has 0 spiro atoms. The number of fused-ring (bicyclic) bond motifs is 4. The number of ether oxygens (including phenoxy) is 4. The third-order valence-corrected chi connectivity index (χ3v) is 8.41. The van der Waals surface area contributed by atoms with Crippen LogP contribution in [0.25, 0.3) is 43.1 Å². The van der Waals surface area contributed by atoms with Crippen molar-refractivity contribution in [2.45, 2.75) is 26.2 Å². The molecule has 7 aromatic rings. The molecule has 0 aliphatic rings. The van der Waals surface area contributed by atoms with Gasteiger partial charge in [-0.1, -0.05) is 130 Å². The summed E-state index contributed by atoms with van der Waals surface area (Å²) in [6, 6.07) is 40.4. The van der Waals surface area contributed by atoms with Gasteiger partial charge in [-0.05, 0) is 39.9 Å². The Kier molecular flexibility index (Phi) is 8.15. The Hall–Kier alpha value is -5.88. The third-order valence-electron chi connectivity index (χ3n) is 8.41. The minimum absolute atomic E-state index is 0.159. The number of rotatable bonds is 8. The highest BCUT2D eigenvalue weighted by Crippen LogP contribution is 2.44. The average Bonchev–Trinajstić information content (AvgIpc) is 3.09. The Labute approximate surface area is 278 Å². The van der Waals surface area contributed by atoms with E-state index >= 15 is 0 Å². The Morgan fingerprint density at radius 2 is 0.896 bits per heavy atom. The number of hydrogen-bond donors (Lipinski definition) is 0. The van der Waals surface area contributed by atoms with Crippen LogP contribution in [-0.2, 0) is 15.0 Å². The van der Waals surface area contributed by atoms with E-state index < -0.39 is 11.9 Å². The molecule has 0 amide bonds. The van der Waals surface area contributed by atoms with Gasteiger partial charge >= 0.3 is 11.9 Å². The van der Waals surface area contributed by atoms with Gasteiger partial charge in [-0.2, -0.15) is 0 Å². The van der Waals surface area contributed by atoms with Crippen LogP contribution in [0.5, 0.6) is 23.0 Å². The molecule has 7 aromatic carbocycles. The fourth-order valence-corrected chi connectivity index (χ4v) is 6.01. The summed E-state index contributed by atoms with van der Waals surface area (Å²) in [5.41, 5.74) is 0.919. The second kappa shape index (κ2) is 12.7. The number of carbonyl (C=O) groups is 2. The van der Waals surface area contributed by atoms with Crippen molar-refractivity contribution < 1.29 is 28.5 Å². The first-order valence-corrected chi connectivity index (χ1v) is 15.9. The van der Waals surface area contributed by atoms with Gasteiger partial charge in [0.05, 0.1) is 0 Å². The third kappa shape index (κ3) is 6.13. The first-order chi connectivity index (χ1) is 23.3. The lowest BCUT2D eigenvalue weighted by Gasteiger charge is -2.22. The van der Waals surface area contributed by atoms with Crippen LogP contribution in [0.2, 0.25) is 0 Å². The summed E-state index contributed by atoms with van der Waals surface area (Å²) in [5, 5.41) is 6.64. The second-order valence-electron chi connectivity index (χ2n) is 12.7. The highest BCUT2D eigenvalue weighted by atomic mass is 16.6. The molecule has 48 heavy (non-hydrogen) atoms. The zero-order valence-electron chi connectivity index (χ0n) is 27.0. The van der Waals surface area contributed by atoms with Crippen molar-refractivity contribution in [1.29, 1.82) is 0 Å². The van der Waals surface area contributed by atoms with Crippen molar-refractivity contribution >= 4 is 55.0 Å². The van der Waals surface area contributed by atoms with Crippen molar-refractivity contribution in [1.82, 2.24) is 0 Å². The van der Waals surface area contributed by atoms with E-state index in [-0.39, 0.29) is 18.6 Å². The molecule has 7 rings (SSSR count). The van der Waals surface area contributed by atoms with Gasteiger partial charge in [0.2, 0.25) is 0 Å². The molecule has 0 saturated heterocycles. The first kappa shape index (κ1) is 30.8. The monoisotopic (exact) mass is 634 g/mol. The number of hydrogen-bond acceptors (Lipinski definition) is 6. The summed E-state index contributed by atoms with van der Waals surface area (Å²) in [4.78, 5) is 26.3. The molecule has 0 aliphatic heterocycles. The van der Waals surface area contributed by atoms with E-state index in [1.165, 1.54) is 0 Å². The number of benzene rings is 7. The molecule has 0 atom stereocenters. The molecule has 0 aromatic heterocycles. The van der Waals surface area contributed by atoms with Gasteiger partial charge in [-0.3, -0.25) is 0 Å². The van der Waals surface area contributed by atoms with Gasteiger partial charge < -0.3 is 18.9 Å². The van der Waals surface area contributed by atoms with Crippen LogP contribution in [0.1, 0.15) is 26.3 Å². The SMILES string of the molecule is CC(C)(C)c1ccc2c(OCC(=O)Oc3cccc4ccccc34)c3ccccc3c(OCC(=O)Oc3cccc4ccccc34)c2c1. The zero-order chi connectivity index (χ0) is 33.3. The molecular formula is C42H34O6. The van der Waals surface area contributed by atoms with Gasteiger partial charge in [0.15, 0.2) is 13.2 Å². The summed E-state index contributed by atoms with van der Waals surface area (Å²) >= 11 is 0. The lowest BCUT2D eigenvalue weighted by atomic mass is 9.85. The summed E-state index contributed by atoms with van der Waals surface area (Å²) in [6.45, 7) is 5.80. The Bertz CT molecular complexity index is 2320. The predicted molar refractivity (Wildman–Crippen MR) is 190 cm³/mol. The standard InChI is InChI=1S/C42H34O6/c1-42(2,3)29-22-23-34-35(24-29)41(46-26-39(44)48-37-21-11-15-28-13-5-7-17-31(28)37)33-19-9-8-18-32(33)40(34)45-25-38(43)47-36-20-10-14-27-12-4-6-16-30(27)36/h4-24H,25-26H2,1-3H3. The molecule has 0 N–H and O–H groups in total. The summed E-state index contributed by atoms with van der Waals surface area (Å²) < 4.78 is 24.1. The van der Waals surface area contributed by atoms with Crippen molar-refractivity contribution in [3.8, 4) is 23.0 Å². The van der Waals surface area contributed by atoms with Crippen LogP contribution < -0.4 is 18.9 Å². The summed E-state index contributed by atoms with van der Waals surface area (Å²) in [6.07, 6.45) is 0. The largest absolute Gasteiger partial charge is 0.481 e. The van der Waals surface area contributed by atoms with Crippen LogP contribution in [0.4, 0.5) is 0 Å². The molecule has 6 heteroatoms. The van der Waals surface area contributed by atoms with E-state index in [4.69, 9.17) is 18.9 Å².